The lowest BCUT2D eigenvalue weighted by atomic mass is 10.1. The summed E-state index contributed by atoms with van der Waals surface area (Å²) in [7, 11) is 0. The molecule has 1 aliphatic heterocycles. The summed E-state index contributed by atoms with van der Waals surface area (Å²) in [4.78, 5) is 2.43. The molecule has 0 saturated carbocycles. The minimum Gasteiger partial charge on any atom is -0.378 e. The van der Waals surface area contributed by atoms with E-state index in [0.29, 0.717) is 26.4 Å². The van der Waals surface area contributed by atoms with Crippen LogP contribution in [-0.2, 0) is 14.2 Å². The summed E-state index contributed by atoms with van der Waals surface area (Å²) in [5.74, 6) is 0.741. The van der Waals surface area contributed by atoms with Gasteiger partial charge in [-0.25, -0.2) is 0 Å². The standard InChI is InChI=1S/C17H37N3O3/c1-3-17(2)16-19-6-10-21-12-14-23-15-13-22-11-9-20-7-4-18-5-8-20/h17-19H,3-16H2,1-2H3. The van der Waals surface area contributed by atoms with E-state index >= 15 is 0 Å². The minimum atomic E-state index is 0.645. The van der Waals surface area contributed by atoms with Crippen LogP contribution in [0.2, 0.25) is 0 Å². The van der Waals surface area contributed by atoms with Gasteiger partial charge in [-0.1, -0.05) is 20.3 Å². The van der Waals surface area contributed by atoms with Crippen LogP contribution in [0.5, 0.6) is 0 Å². The van der Waals surface area contributed by atoms with Gasteiger partial charge in [-0.05, 0) is 12.5 Å². The lowest BCUT2D eigenvalue weighted by molar-refractivity contribution is 0.0106. The molecule has 1 saturated heterocycles. The van der Waals surface area contributed by atoms with Crippen LogP contribution in [-0.4, -0.2) is 90.4 Å². The van der Waals surface area contributed by atoms with Crippen LogP contribution in [0.1, 0.15) is 20.3 Å². The van der Waals surface area contributed by atoms with E-state index in [2.05, 4.69) is 29.4 Å². The molecule has 1 heterocycles. The zero-order valence-corrected chi connectivity index (χ0v) is 15.1. The molecule has 23 heavy (non-hydrogen) atoms. The highest BCUT2D eigenvalue weighted by Gasteiger charge is 2.08. The average Bonchev–Trinajstić information content (AvgIpc) is 2.59. The summed E-state index contributed by atoms with van der Waals surface area (Å²) in [6, 6.07) is 0. The average molecular weight is 332 g/mol. The summed E-state index contributed by atoms with van der Waals surface area (Å²) >= 11 is 0. The molecular weight excluding hydrogens is 294 g/mol. The summed E-state index contributed by atoms with van der Waals surface area (Å²) in [6.07, 6.45) is 1.22. The third kappa shape index (κ3) is 12.8. The van der Waals surface area contributed by atoms with Crippen LogP contribution in [0.4, 0.5) is 0 Å². The van der Waals surface area contributed by atoms with Crippen LogP contribution in [0, 0.1) is 5.92 Å². The predicted octanol–water partition coefficient (Wildman–Crippen LogP) is 0.577. The Kier molecular flexibility index (Phi) is 13.8. The third-order valence-electron chi connectivity index (χ3n) is 4.12. The first kappa shape index (κ1) is 20.8. The molecule has 138 valence electrons. The highest BCUT2D eigenvalue weighted by Crippen LogP contribution is 1.96. The Morgan fingerprint density at radius 2 is 1.57 bits per heavy atom. The van der Waals surface area contributed by atoms with Crippen molar-refractivity contribution in [2.24, 2.45) is 5.92 Å². The van der Waals surface area contributed by atoms with E-state index in [1.54, 1.807) is 0 Å². The molecule has 1 fully saturated rings. The lowest BCUT2D eigenvalue weighted by Gasteiger charge is -2.26. The zero-order chi connectivity index (χ0) is 16.6. The molecule has 1 aliphatic rings. The van der Waals surface area contributed by atoms with Crippen molar-refractivity contribution in [2.45, 2.75) is 20.3 Å². The molecule has 1 unspecified atom stereocenters. The molecule has 1 rings (SSSR count). The second-order valence-electron chi connectivity index (χ2n) is 6.15. The van der Waals surface area contributed by atoms with Crippen molar-refractivity contribution in [3.05, 3.63) is 0 Å². The summed E-state index contributed by atoms with van der Waals surface area (Å²) in [6.45, 7) is 16.1. The Morgan fingerprint density at radius 1 is 0.957 bits per heavy atom. The Hall–Kier alpha value is -0.240. The predicted molar refractivity (Wildman–Crippen MR) is 94.1 cm³/mol. The van der Waals surface area contributed by atoms with Crippen LogP contribution in [0.3, 0.4) is 0 Å². The van der Waals surface area contributed by atoms with E-state index in [1.807, 2.05) is 0 Å². The zero-order valence-electron chi connectivity index (χ0n) is 15.1. The van der Waals surface area contributed by atoms with Crippen molar-refractivity contribution in [3.8, 4) is 0 Å². The van der Waals surface area contributed by atoms with Gasteiger partial charge >= 0.3 is 0 Å². The first-order chi connectivity index (χ1) is 11.3. The second-order valence-corrected chi connectivity index (χ2v) is 6.15. The normalized spacial score (nSPS) is 17.5. The van der Waals surface area contributed by atoms with Gasteiger partial charge in [0.2, 0.25) is 0 Å². The maximum atomic E-state index is 5.59. The van der Waals surface area contributed by atoms with Crippen LogP contribution >= 0.6 is 0 Å². The third-order valence-corrected chi connectivity index (χ3v) is 4.12. The Morgan fingerprint density at radius 3 is 2.22 bits per heavy atom. The lowest BCUT2D eigenvalue weighted by Crippen LogP contribution is -2.44. The molecule has 1 atom stereocenters. The Bertz CT molecular complexity index is 251. The summed E-state index contributed by atoms with van der Waals surface area (Å²) in [5.41, 5.74) is 0. The highest BCUT2D eigenvalue weighted by molar-refractivity contribution is 4.66. The van der Waals surface area contributed by atoms with Gasteiger partial charge in [0.15, 0.2) is 0 Å². The molecule has 0 aromatic carbocycles. The smallest absolute Gasteiger partial charge is 0.0701 e. The van der Waals surface area contributed by atoms with E-state index in [0.717, 1.165) is 64.9 Å². The monoisotopic (exact) mass is 331 g/mol. The molecule has 0 spiro atoms. The van der Waals surface area contributed by atoms with E-state index in [1.165, 1.54) is 6.42 Å². The van der Waals surface area contributed by atoms with Crippen molar-refractivity contribution < 1.29 is 14.2 Å². The van der Waals surface area contributed by atoms with Crippen molar-refractivity contribution in [1.82, 2.24) is 15.5 Å². The van der Waals surface area contributed by atoms with Gasteiger partial charge < -0.3 is 24.8 Å². The maximum Gasteiger partial charge on any atom is 0.0701 e. The summed E-state index contributed by atoms with van der Waals surface area (Å²) in [5, 5.41) is 6.74. The fourth-order valence-electron chi connectivity index (χ4n) is 2.31. The van der Waals surface area contributed by atoms with E-state index in [4.69, 9.17) is 14.2 Å². The minimum absolute atomic E-state index is 0.645. The van der Waals surface area contributed by atoms with Crippen molar-refractivity contribution >= 4 is 0 Å². The number of nitrogens with one attached hydrogen (secondary N) is 2. The van der Waals surface area contributed by atoms with Crippen LogP contribution < -0.4 is 10.6 Å². The van der Waals surface area contributed by atoms with Gasteiger partial charge in [-0.15, -0.1) is 0 Å². The molecule has 0 aromatic rings. The molecule has 0 aliphatic carbocycles. The first-order valence-electron chi connectivity index (χ1n) is 9.20. The highest BCUT2D eigenvalue weighted by atomic mass is 16.5. The number of hydrogen-bond donors (Lipinski definition) is 2. The van der Waals surface area contributed by atoms with Crippen LogP contribution in [0.15, 0.2) is 0 Å². The van der Waals surface area contributed by atoms with Gasteiger partial charge in [0, 0.05) is 39.3 Å². The Labute approximate surface area is 142 Å². The first-order valence-corrected chi connectivity index (χ1v) is 9.20. The van der Waals surface area contributed by atoms with Crippen molar-refractivity contribution in [2.75, 3.05) is 85.5 Å². The van der Waals surface area contributed by atoms with E-state index in [9.17, 15) is 0 Å². The number of ether oxygens (including phenoxy) is 3. The quantitative estimate of drug-likeness (QED) is 0.428. The largest absolute Gasteiger partial charge is 0.378 e. The van der Waals surface area contributed by atoms with E-state index < -0.39 is 0 Å². The van der Waals surface area contributed by atoms with Gasteiger partial charge in [-0.3, -0.25) is 4.90 Å². The molecule has 0 radical (unpaired) electrons. The maximum absolute atomic E-state index is 5.59. The molecule has 0 aromatic heterocycles. The molecule has 6 heteroatoms. The van der Waals surface area contributed by atoms with Crippen molar-refractivity contribution in [1.29, 1.82) is 0 Å². The SMILES string of the molecule is CCC(C)CNCCOCCOCCOCCN1CCNCC1. The Balaban J connectivity index is 1.70. The topological polar surface area (TPSA) is 55.0 Å². The summed E-state index contributed by atoms with van der Waals surface area (Å²) < 4.78 is 16.6. The molecule has 2 N–H and O–H groups in total. The number of piperazine rings is 1. The molecular formula is C17H37N3O3. The number of hydrogen-bond acceptors (Lipinski definition) is 6. The fourth-order valence-corrected chi connectivity index (χ4v) is 2.31. The molecule has 0 bridgehead atoms. The van der Waals surface area contributed by atoms with Gasteiger partial charge in [0.05, 0.1) is 39.6 Å². The van der Waals surface area contributed by atoms with Gasteiger partial charge in [0.1, 0.15) is 0 Å². The van der Waals surface area contributed by atoms with Crippen molar-refractivity contribution in [3.63, 3.8) is 0 Å². The van der Waals surface area contributed by atoms with E-state index in [-0.39, 0.29) is 0 Å². The fraction of sp³-hybridized carbons (Fsp3) is 1.00. The number of nitrogens with zero attached hydrogens (tertiary/aromatic N) is 1. The van der Waals surface area contributed by atoms with Crippen LogP contribution in [0.25, 0.3) is 0 Å². The molecule has 6 nitrogen and oxygen atoms in total. The number of rotatable bonds is 15. The second kappa shape index (κ2) is 15.3. The molecule has 0 amide bonds. The van der Waals surface area contributed by atoms with Gasteiger partial charge in [-0.2, -0.15) is 0 Å². The van der Waals surface area contributed by atoms with Gasteiger partial charge in [0.25, 0.3) is 0 Å².